The summed E-state index contributed by atoms with van der Waals surface area (Å²) < 4.78 is 20.8. The highest BCUT2D eigenvalue weighted by Crippen LogP contribution is 2.36. The van der Waals surface area contributed by atoms with Gasteiger partial charge in [0.15, 0.2) is 5.75 Å². The second-order valence-corrected chi connectivity index (χ2v) is 6.25. The first-order valence-corrected chi connectivity index (χ1v) is 8.50. The molecule has 0 aliphatic carbocycles. The van der Waals surface area contributed by atoms with Crippen LogP contribution in [0.2, 0.25) is 0 Å². The zero-order valence-corrected chi connectivity index (χ0v) is 14.9. The smallest absolute Gasteiger partial charge is 0.298 e. The van der Waals surface area contributed by atoms with Crippen molar-refractivity contribution in [2.45, 2.75) is 6.92 Å². The number of pyridine rings is 2. The van der Waals surface area contributed by atoms with Gasteiger partial charge in [0, 0.05) is 17.1 Å². The van der Waals surface area contributed by atoms with E-state index in [4.69, 9.17) is 4.74 Å². The molecule has 0 spiro atoms. The first-order chi connectivity index (χ1) is 13.1. The number of fused-ring (bicyclic) bond motifs is 1. The molecule has 0 saturated carbocycles. The lowest BCUT2D eigenvalue weighted by molar-refractivity contribution is 0.409. The van der Waals surface area contributed by atoms with E-state index in [0.29, 0.717) is 16.8 Å². The van der Waals surface area contributed by atoms with Crippen LogP contribution in [0.25, 0.3) is 27.7 Å². The van der Waals surface area contributed by atoms with E-state index in [0.717, 1.165) is 16.5 Å². The summed E-state index contributed by atoms with van der Waals surface area (Å²) in [7, 11) is 1.47. The van der Waals surface area contributed by atoms with Crippen molar-refractivity contribution >= 4 is 10.9 Å². The Hall–Kier alpha value is -3.47. The van der Waals surface area contributed by atoms with E-state index >= 15 is 0 Å². The van der Waals surface area contributed by atoms with Gasteiger partial charge in [-0.2, -0.15) is 0 Å². The van der Waals surface area contributed by atoms with Gasteiger partial charge in [-0.1, -0.05) is 36.4 Å². The average molecular weight is 360 g/mol. The van der Waals surface area contributed by atoms with Crippen molar-refractivity contribution in [2.75, 3.05) is 7.11 Å². The Labute approximate surface area is 155 Å². The lowest BCUT2D eigenvalue weighted by atomic mass is 9.98. The number of hydrogen-bond acceptors (Lipinski definition) is 3. The Kier molecular flexibility index (Phi) is 4.20. The maximum atomic E-state index is 13.8. The van der Waals surface area contributed by atoms with Gasteiger partial charge in [0.2, 0.25) is 0 Å². The normalized spacial score (nSPS) is 10.9. The molecule has 0 radical (unpaired) electrons. The molecule has 0 atom stereocenters. The Bertz CT molecular complexity index is 1200. The van der Waals surface area contributed by atoms with Crippen molar-refractivity contribution in [3.05, 3.63) is 88.7 Å². The standard InChI is InChI=1S/C22H17FN2O2/c1-14-12-24-13-18-19(14)20(15-7-4-3-5-8-15)21(27-2)22(26)25(18)17-10-6-9-16(23)11-17/h3-13H,1-2H3. The van der Waals surface area contributed by atoms with Crippen LogP contribution < -0.4 is 10.3 Å². The molecule has 134 valence electrons. The molecule has 27 heavy (non-hydrogen) atoms. The largest absolute Gasteiger partial charge is 0.491 e. The highest BCUT2D eigenvalue weighted by atomic mass is 19.1. The SMILES string of the molecule is COc1c(-c2ccccc2)c2c(C)cncc2n(-c2cccc(F)c2)c1=O. The van der Waals surface area contributed by atoms with Crippen molar-refractivity contribution in [1.82, 2.24) is 9.55 Å². The lowest BCUT2D eigenvalue weighted by Gasteiger charge is -2.18. The van der Waals surface area contributed by atoms with Gasteiger partial charge < -0.3 is 4.74 Å². The van der Waals surface area contributed by atoms with Crippen LogP contribution in [0.15, 0.2) is 71.8 Å². The zero-order chi connectivity index (χ0) is 19.0. The zero-order valence-electron chi connectivity index (χ0n) is 14.9. The van der Waals surface area contributed by atoms with Crippen molar-refractivity contribution in [3.63, 3.8) is 0 Å². The number of nitrogens with zero attached hydrogens (tertiary/aromatic N) is 2. The molecule has 0 aliphatic rings. The molecule has 0 saturated heterocycles. The summed E-state index contributed by atoms with van der Waals surface area (Å²) in [4.78, 5) is 17.6. The molecular weight excluding hydrogens is 343 g/mol. The van der Waals surface area contributed by atoms with Crippen LogP contribution >= 0.6 is 0 Å². The molecule has 0 fully saturated rings. The van der Waals surface area contributed by atoms with Crippen molar-refractivity contribution in [2.24, 2.45) is 0 Å². The van der Waals surface area contributed by atoms with Crippen LogP contribution in [0.1, 0.15) is 5.56 Å². The number of benzene rings is 2. The van der Waals surface area contributed by atoms with E-state index in [9.17, 15) is 9.18 Å². The molecule has 0 aliphatic heterocycles. The molecule has 4 aromatic rings. The Morgan fingerprint density at radius 1 is 1.04 bits per heavy atom. The topological polar surface area (TPSA) is 44.1 Å². The van der Waals surface area contributed by atoms with E-state index in [-0.39, 0.29) is 11.3 Å². The minimum absolute atomic E-state index is 0.215. The quantitative estimate of drug-likeness (QED) is 0.540. The molecular formula is C22H17FN2O2. The summed E-state index contributed by atoms with van der Waals surface area (Å²) in [5.74, 6) is -0.202. The molecule has 0 amide bonds. The van der Waals surface area contributed by atoms with Crippen LogP contribution in [-0.4, -0.2) is 16.7 Å². The third-order valence-corrected chi connectivity index (χ3v) is 4.56. The molecule has 0 N–H and O–H groups in total. The molecule has 5 heteroatoms. The maximum Gasteiger partial charge on any atom is 0.298 e. The summed E-state index contributed by atoms with van der Waals surface area (Å²) in [6.07, 6.45) is 3.37. The number of ether oxygens (including phenoxy) is 1. The van der Waals surface area contributed by atoms with Crippen LogP contribution in [-0.2, 0) is 0 Å². The molecule has 4 nitrogen and oxygen atoms in total. The van der Waals surface area contributed by atoms with Gasteiger partial charge in [0.1, 0.15) is 5.82 Å². The van der Waals surface area contributed by atoms with Gasteiger partial charge in [-0.05, 0) is 36.2 Å². The van der Waals surface area contributed by atoms with Gasteiger partial charge >= 0.3 is 0 Å². The summed E-state index contributed by atoms with van der Waals surface area (Å²) in [5, 5.41) is 0.844. The molecule has 2 aromatic heterocycles. The summed E-state index contributed by atoms with van der Waals surface area (Å²) in [6, 6.07) is 15.5. The highest BCUT2D eigenvalue weighted by Gasteiger charge is 2.21. The minimum atomic E-state index is -0.417. The van der Waals surface area contributed by atoms with Crippen molar-refractivity contribution in [3.8, 4) is 22.6 Å². The van der Waals surface area contributed by atoms with E-state index in [1.54, 1.807) is 24.5 Å². The number of aromatic nitrogens is 2. The van der Waals surface area contributed by atoms with E-state index in [1.807, 2.05) is 37.3 Å². The Morgan fingerprint density at radius 3 is 2.52 bits per heavy atom. The second-order valence-electron chi connectivity index (χ2n) is 6.25. The van der Waals surface area contributed by atoms with Crippen molar-refractivity contribution < 1.29 is 9.13 Å². The van der Waals surface area contributed by atoms with Gasteiger partial charge in [-0.25, -0.2) is 4.39 Å². The third-order valence-electron chi connectivity index (χ3n) is 4.56. The fourth-order valence-corrected chi connectivity index (χ4v) is 3.42. The predicted octanol–water partition coefficient (Wildman–Crippen LogP) is 4.51. The van der Waals surface area contributed by atoms with Gasteiger partial charge in [0.05, 0.1) is 24.5 Å². The summed E-state index contributed by atoms with van der Waals surface area (Å²) in [5.41, 5.74) is 3.15. The lowest BCUT2D eigenvalue weighted by Crippen LogP contribution is -2.22. The van der Waals surface area contributed by atoms with Gasteiger partial charge in [0.25, 0.3) is 5.56 Å². The maximum absolute atomic E-state index is 13.8. The van der Waals surface area contributed by atoms with Gasteiger partial charge in [-0.15, -0.1) is 0 Å². The second kappa shape index (κ2) is 6.68. The first-order valence-electron chi connectivity index (χ1n) is 8.50. The molecule has 2 heterocycles. The summed E-state index contributed by atoms with van der Waals surface area (Å²) >= 11 is 0. The third kappa shape index (κ3) is 2.77. The van der Waals surface area contributed by atoms with E-state index < -0.39 is 5.82 Å². The fourth-order valence-electron chi connectivity index (χ4n) is 3.42. The average Bonchev–Trinajstić information content (AvgIpc) is 2.68. The molecule has 0 unspecified atom stereocenters. The first kappa shape index (κ1) is 17.0. The molecule has 0 bridgehead atoms. The van der Waals surface area contributed by atoms with E-state index in [2.05, 4.69) is 4.98 Å². The van der Waals surface area contributed by atoms with E-state index in [1.165, 1.54) is 23.8 Å². The highest BCUT2D eigenvalue weighted by molar-refractivity contribution is 6.00. The Morgan fingerprint density at radius 2 is 1.81 bits per heavy atom. The number of hydrogen-bond donors (Lipinski definition) is 0. The fraction of sp³-hybridized carbons (Fsp3) is 0.0909. The van der Waals surface area contributed by atoms with Crippen LogP contribution in [0.4, 0.5) is 4.39 Å². The van der Waals surface area contributed by atoms with Crippen molar-refractivity contribution in [1.29, 1.82) is 0 Å². The molecule has 4 rings (SSSR count). The molecule has 2 aromatic carbocycles. The number of methoxy groups -OCH3 is 1. The number of rotatable bonds is 3. The monoisotopic (exact) mass is 360 g/mol. The van der Waals surface area contributed by atoms with Crippen LogP contribution in [0.5, 0.6) is 5.75 Å². The van der Waals surface area contributed by atoms with Gasteiger partial charge in [-0.3, -0.25) is 14.3 Å². The minimum Gasteiger partial charge on any atom is -0.491 e. The number of halogens is 1. The van der Waals surface area contributed by atoms with Crippen LogP contribution in [0, 0.1) is 12.7 Å². The number of aryl methyl sites for hydroxylation is 1. The summed E-state index contributed by atoms with van der Waals surface area (Å²) in [6.45, 7) is 1.93. The van der Waals surface area contributed by atoms with Crippen LogP contribution in [0.3, 0.4) is 0 Å². The predicted molar refractivity (Wildman–Crippen MR) is 104 cm³/mol. The Balaban J connectivity index is 2.22.